The van der Waals surface area contributed by atoms with Crippen LogP contribution < -0.4 is 9.47 Å². The summed E-state index contributed by atoms with van der Waals surface area (Å²) in [5.74, 6) is 0.812. The maximum atomic E-state index is 12.5. The van der Waals surface area contributed by atoms with E-state index in [0.717, 1.165) is 31.6 Å². The highest BCUT2D eigenvalue weighted by molar-refractivity contribution is 5.92. The largest absolute Gasteiger partial charge is 0.494 e. The van der Waals surface area contributed by atoms with Crippen molar-refractivity contribution < 1.29 is 28.5 Å². The third kappa shape index (κ3) is 10.4. The van der Waals surface area contributed by atoms with Crippen LogP contribution >= 0.6 is 0 Å². The second-order valence-electron chi connectivity index (χ2n) is 9.59. The Morgan fingerprint density at radius 3 is 2.06 bits per heavy atom. The number of benzene rings is 2. The Labute approximate surface area is 215 Å². The Morgan fingerprint density at radius 2 is 1.42 bits per heavy atom. The number of hydrogen-bond acceptors (Lipinski definition) is 6. The summed E-state index contributed by atoms with van der Waals surface area (Å²) in [7, 11) is 0. The maximum Gasteiger partial charge on any atom is 0.343 e. The minimum absolute atomic E-state index is 0.369. The van der Waals surface area contributed by atoms with Gasteiger partial charge in [-0.15, -0.1) is 0 Å². The SMILES string of the molecule is CCC(C)CCOC(=O)c1ccc(OC(=O)c2ccc(OCCCCCCCC[C@H]3CO3)cc2)cc1. The smallest absolute Gasteiger partial charge is 0.343 e. The third-order valence-corrected chi connectivity index (χ3v) is 6.52. The lowest BCUT2D eigenvalue weighted by molar-refractivity contribution is 0.0484. The molecule has 2 aromatic carbocycles. The molecule has 0 bridgehead atoms. The van der Waals surface area contributed by atoms with Gasteiger partial charge in [0.05, 0.1) is 37.1 Å². The lowest BCUT2D eigenvalue weighted by atomic mass is 10.1. The van der Waals surface area contributed by atoms with Crippen molar-refractivity contribution in [3.8, 4) is 11.5 Å². The first-order valence-electron chi connectivity index (χ1n) is 13.4. The normalized spacial score (nSPS) is 15.2. The number of unbranched alkanes of at least 4 members (excludes halogenated alkanes) is 5. The van der Waals surface area contributed by atoms with Crippen LogP contribution in [0.3, 0.4) is 0 Å². The molecule has 0 aliphatic carbocycles. The van der Waals surface area contributed by atoms with E-state index < -0.39 is 5.97 Å². The van der Waals surface area contributed by atoms with Crippen LogP contribution in [0.1, 0.15) is 92.4 Å². The van der Waals surface area contributed by atoms with Crippen LogP contribution in [0.4, 0.5) is 0 Å². The topological polar surface area (TPSA) is 74.4 Å². The van der Waals surface area contributed by atoms with Gasteiger partial charge < -0.3 is 18.9 Å². The minimum atomic E-state index is -0.460. The lowest BCUT2D eigenvalue weighted by Crippen LogP contribution is -2.10. The van der Waals surface area contributed by atoms with Crippen molar-refractivity contribution in [3.05, 3.63) is 59.7 Å². The molecule has 2 aromatic rings. The van der Waals surface area contributed by atoms with E-state index in [0.29, 0.717) is 42.1 Å². The summed E-state index contributed by atoms with van der Waals surface area (Å²) in [6.07, 6.45) is 10.9. The summed E-state index contributed by atoms with van der Waals surface area (Å²) in [4.78, 5) is 24.6. The number of carbonyl (C=O) groups excluding carboxylic acids is 2. The van der Waals surface area contributed by atoms with Crippen LogP contribution in [-0.2, 0) is 9.47 Å². The highest BCUT2D eigenvalue weighted by Crippen LogP contribution is 2.19. The number of rotatable bonds is 17. The van der Waals surface area contributed by atoms with Gasteiger partial charge in [-0.25, -0.2) is 9.59 Å². The molecule has 6 heteroatoms. The molecule has 0 amide bonds. The zero-order chi connectivity index (χ0) is 25.6. The zero-order valence-corrected chi connectivity index (χ0v) is 21.7. The van der Waals surface area contributed by atoms with Crippen molar-refractivity contribution in [1.82, 2.24) is 0 Å². The molecule has 3 rings (SSSR count). The fourth-order valence-electron chi connectivity index (χ4n) is 3.76. The molecule has 196 valence electrons. The van der Waals surface area contributed by atoms with Crippen LogP contribution in [0.2, 0.25) is 0 Å². The van der Waals surface area contributed by atoms with E-state index >= 15 is 0 Å². The van der Waals surface area contributed by atoms with Crippen molar-refractivity contribution >= 4 is 11.9 Å². The van der Waals surface area contributed by atoms with Gasteiger partial charge in [0.1, 0.15) is 11.5 Å². The summed E-state index contributed by atoms with van der Waals surface area (Å²) in [5, 5.41) is 0. The lowest BCUT2D eigenvalue weighted by Gasteiger charge is -2.10. The number of carbonyl (C=O) groups is 2. The van der Waals surface area contributed by atoms with Gasteiger partial charge in [0.25, 0.3) is 0 Å². The predicted molar refractivity (Wildman–Crippen MR) is 140 cm³/mol. The monoisotopic (exact) mass is 496 g/mol. The second kappa shape index (κ2) is 15.3. The minimum Gasteiger partial charge on any atom is -0.494 e. The quantitative estimate of drug-likeness (QED) is 0.102. The first-order chi connectivity index (χ1) is 17.5. The van der Waals surface area contributed by atoms with Crippen molar-refractivity contribution in [2.24, 2.45) is 5.92 Å². The average molecular weight is 497 g/mol. The van der Waals surface area contributed by atoms with E-state index in [1.54, 1.807) is 48.5 Å². The van der Waals surface area contributed by atoms with E-state index in [1.807, 2.05) is 0 Å². The van der Waals surface area contributed by atoms with Gasteiger partial charge in [0.15, 0.2) is 0 Å². The molecule has 1 aliphatic rings. The van der Waals surface area contributed by atoms with E-state index in [-0.39, 0.29) is 5.97 Å². The molecule has 0 spiro atoms. The van der Waals surface area contributed by atoms with E-state index in [1.165, 1.54) is 38.5 Å². The Kier molecular flexibility index (Phi) is 11.8. The average Bonchev–Trinajstić information content (AvgIpc) is 3.72. The molecule has 1 heterocycles. The first kappa shape index (κ1) is 27.7. The van der Waals surface area contributed by atoms with E-state index in [2.05, 4.69) is 13.8 Å². The predicted octanol–water partition coefficient (Wildman–Crippen LogP) is 7.01. The van der Waals surface area contributed by atoms with Crippen molar-refractivity contribution in [3.63, 3.8) is 0 Å². The molecule has 36 heavy (non-hydrogen) atoms. The van der Waals surface area contributed by atoms with E-state index in [4.69, 9.17) is 18.9 Å². The Morgan fingerprint density at radius 1 is 0.833 bits per heavy atom. The summed E-state index contributed by atoms with van der Waals surface area (Å²) in [6, 6.07) is 13.4. The Balaban J connectivity index is 1.31. The van der Waals surface area contributed by atoms with Crippen molar-refractivity contribution in [2.75, 3.05) is 19.8 Å². The molecular weight excluding hydrogens is 456 g/mol. The fraction of sp³-hybridized carbons (Fsp3) is 0.533. The van der Waals surface area contributed by atoms with Gasteiger partial charge >= 0.3 is 11.9 Å². The second-order valence-corrected chi connectivity index (χ2v) is 9.59. The van der Waals surface area contributed by atoms with Gasteiger partial charge in [-0.05, 0) is 73.7 Å². The fourth-order valence-corrected chi connectivity index (χ4v) is 3.76. The summed E-state index contributed by atoms with van der Waals surface area (Å²) < 4.78 is 21.8. The number of ether oxygens (including phenoxy) is 4. The zero-order valence-electron chi connectivity index (χ0n) is 21.7. The molecule has 1 aliphatic heterocycles. The van der Waals surface area contributed by atoms with Gasteiger partial charge in [-0.1, -0.05) is 52.4 Å². The molecule has 1 saturated heterocycles. The molecule has 6 nitrogen and oxygen atoms in total. The maximum absolute atomic E-state index is 12.5. The highest BCUT2D eigenvalue weighted by atomic mass is 16.6. The van der Waals surface area contributed by atoms with Crippen LogP contribution in [0.25, 0.3) is 0 Å². The molecule has 0 N–H and O–H groups in total. The number of esters is 2. The molecule has 0 aromatic heterocycles. The molecule has 0 radical (unpaired) electrons. The summed E-state index contributed by atoms with van der Waals surface area (Å²) >= 11 is 0. The summed E-state index contributed by atoms with van der Waals surface area (Å²) in [5.41, 5.74) is 0.872. The van der Waals surface area contributed by atoms with Gasteiger partial charge in [0, 0.05) is 0 Å². The standard InChI is InChI=1S/C30H40O6/c1-3-23(2)19-21-34-29(31)24-13-17-27(18-14-24)36-30(32)25-11-15-26(16-12-25)33-20-9-7-5-4-6-8-10-28-22-35-28/h11-18,23,28H,3-10,19-22H2,1-2H3/t23?,28-/m0/s1. The van der Waals surface area contributed by atoms with Gasteiger partial charge in [-0.3, -0.25) is 0 Å². The van der Waals surface area contributed by atoms with Crippen LogP contribution in [0.15, 0.2) is 48.5 Å². The van der Waals surface area contributed by atoms with E-state index in [9.17, 15) is 9.59 Å². The Hall–Kier alpha value is -2.86. The first-order valence-corrected chi connectivity index (χ1v) is 13.4. The van der Waals surface area contributed by atoms with Crippen molar-refractivity contribution in [1.29, 1.82) is 0 Å². The van der Waals surface area contributed by atoms with Crippen LogP contribution in [0, 0.1) is 5.92 Å². The number of epoxide rings is 1. The van der Waals surface area contributed by atoms with Crippen molar-refractivity contribution in [2.45, 2.75) is 77.7 Å². The molecular formula is C30H40O6. The molecule has 1 unspecified atom stereocenters. The number of hydrogen-bond donors (Lipinski definition) is 0. The van der Waals surface area contributed by atoms with Crippen LogP contribution in [-0.4, -0.2) is 37.9 Å². The highest BCUT2D eigenvalue weighted by Gasteiger charge is 2.20. The van der Waals surface area contributed by atoms with Gasteiger partial charge in [0.2, 0.25) is 0 Å². The Bertz CT molecular complexity index is 917. The van der Waals surface area contributed by atoms with Gasteiger partial charge in [-0.2, -0.15) is 0 Å². The molecule has 0 saturated carbocycles. The van der Waals surface area contributed by atoms with Crippen LogP contribution in [0.5, 0.6) is 11.5 Å². The summed E-state index contributed by atoms with van der Waals surface area (Å²) in [6.45, 7) is 6.29. The third-order valence-electron chi connectivity index (χ3n) is 6.52. The molecule has 1 fully saturated rings. The molecule has 2 atom stereocenters.